The van der Waals surface area contributed by atoms with Crippen molar-refractivity contribution in [2.24, 2.45) is 0 Å². The third-order valence-electron chi connectivity index (χ3n) is 3.84. The van der Waals surface area contributed by atoms with Gasteiger partial charge in [-0.1, -0.05) is 59.6 Å². The van der Waals surface area contributed by atoms with Gasteiger partial charge in [-0.05, 0) is 36.6 Å². The fourth-order valence-electron chi connectivity index (χ4n) is 2.65. The molecule has 0 radical (unpaired) electrons. The normalized spacial score (nSPS) is 10.6. The fraction of sp³-hybridized carbons (Fsp3) is 0.100. The first-order valence-electron chi connectivity index (χ1n) is 7.57. The molecule has 2 aromatic carbocycles. The molecule has 0 spiro atoms. The minimum atomic E-state index is -0.923. The number of carbonyl (C=O) groups is 1. The lowest BCUT2D eigenvalue weighted by Gasteiger charge is -2.09. The van der Waals surface area contributed by atoms with E-state index in [4.69, 9.17) is 11.6 Å². The number of halogens is 1. The summed E-state index contributed by atoms with van der Waals surface area (Å²) < 4.78 is 0. The summed E-state index contributed by atoms with van der Waals surface area (Å²) in [6.45, 7) is 1.88. The molecule has 0 unspecified atom stereocenters. The molecule has 0 aliphatic rings. The van der Waals surface area contributed by atoms with Gasteiger partial charge in [0.05, 0.1) is 16.3 Å². The van der Waals surface area contributed by atoms with E-state index in [-0.39, 0.29) is 0 Å². The lowest BCUT2D eigenvalue weighted by Crippen LogP contribution is -2.04. The van der Waals surface area contributed by atoms with Crippen LogP contribution in [0.25, 0.3) is 11.3 Å². The number of carboxylic acids is 1. The van der Waals surface area contributed by atoms with Gasteiger partial charge >= 0.3 is 5.97 Å². The van der Waals surface area contributed by atoms with Crippen molar-refractivity contribution in [3.63, 3.8) is 0 Å². The van der Waals surface area contributed by atoms with Crippen molar-refractivity contribution in [3.05, 3.63) is 88.1 Å². The molecule has 0 amide bonds. The van der Waals surface area contributed by atoms with Gasteiger partial charge < -0.3 is 5.11 Å². The van der Waals surface area contributed by atoms with E-state index in [0.29, 0.717) is 17.0 Å². The van der Waals surface area contributed by atoms with Crippen LogP contribution in [0, 0.1) is 6.92 Å². The Morgan fingerprint density at radius 3 is 2.54 bits per heavy atom. The monoisotopic (exact) mass is 337 g/mol. The number of hydrogen-bond acceptors (Lipinski definition) is 2. The topological polar surface area (TPSA) is 50.2 Å². The van der Waals surface area contributed by atoms with Gasteiger partial charge in [0.15, 0.2) is 0 Å². The second-order valence-electron chi connectivity index (χ2n) is 5.68. The quantitative estimate of drug-likeness (QED) is 0.728. The standard InChI is InChI=1S/C20H16ClNO2/c1-13-7-8-16(17(9-13)20(23)24)10-14-11-18(21)19(22-12-14)15-5-3-2-4-6-15/h2-9,11-12H,10H2,1H3,(H,23,24). The molecule has 0 atom stereocenters. The predicted molar refractivity (Wildman–Crippen MR) is 95.6 cm³/mol. The van der Waals surface area contributed by atoms with Crippen molar-refractivity contribution in [3.8, 4) is 11.3 Å². The van der Waals surface area contributed by atoms with E-state index in [1.807, 2.05) is 55.5 Å². The second-order valence-corrected chi connectivity index (χ2v) is 6.09. The number of aromatic carboxylic acids is 1. The van der Waals surface area contributed by atoms with Crippen molar-refractivity contribution < 1.29 is 9.90 Å². The van der Waals surface area contributed by atoms with Crippen LogP contribution in [0.15, 0.2) is 60.8 Å². The highest BCUT2D eigenvalue weighted by Crippen LogP contribution is 2.27. The van der Waals surface area contributed by atoms with Crippen LogP contribution in [0.1, 0.15) is 27.0 Å². The zero-order chi connectivity index (χ0) is 17.1. The van der Waals surface area contributed by atoms with Crippen molar-refractivity contribution in [2.45, 2.75) is 13.3 Å². The third-order valence-corrected chi connectivity index (χ3v) is 4.12. The van der Waals surface area contributed by atoms with Crippen LogP contribution >= 0.6 is 11.6 Å². The zero-order valence-corrected chi connectivity index (χ0v) is 13.9. The van der Waals surface area contributed by atoms with E-state index >= 15 is 0 Å². The lowest BCUT2D eigenvalue weighted by molar-refractivity contribution is 0.0695. The summed E-state index contributed by atoms with van der Waals surface area (Å²) in [4.78, 5) is 15.9. The number of nitrogens with zero attached hydrogens (tertiary/aromatic N) is 1. The van der Waals surface area contributed by atoms with E-state index in [2.05, 4.69) is 4.98 Å². The second kappa shape index (κ2) is 6.85. The SMILES string of the molecule is Cc1ccc(Cc2cnc(-c3ccccc3)c(Cl)c2)c(C(=O)O)c1. The largest absolute Gasteiger partial charge is 0.478 e. The Kier molecular flexibility index (Phi) is 4.63. The molecule has 24 heavy (non-hydrogen) atoms. The molecule has 1 heterocycles. The Morgan fingerprint density at radius 1 is 1.12 bits per heavy atom. The minimum absolute atomic E-state index is 0.318. The van der Waals surface area contributed by atoms with Gasteiger partial charge in [-0.2, -0.15) is 0 Å². The minimum Gasteiger partial charge on any atom is -0.478 e. The van der Waals surface area contributed by atoms with E-state index < -0.39 is 5.97 Å². The average molecular weight is 338 g/mol. The Morgan fingerprint density at radius 2 is 1.88 bits per heavy atom. The Bertz CT molecular complexity index is 891. The third kappa shape index (κ3) is 3.47. The maximum atomic E-state index is 11.4. The van der Waals surface area contributed by atoms with E-state index in [0.717, 1.165) is 27.9 Å². The van der Waals surface area contributed by atoms with Gasteiger partial charge in [-0.3, -0.25) is 4.98 Å². The number of aryl methyl sites for hydroxylation is 1. The van der Waals surface area contributed by atoms with Gasteiger partial charge in [0.2, 0.25) is 0 Å². The first-order chi connectivity index (χ1) is 11.5. The van der Waals surface area contributed by atoms with Gasteiger partial charge in [0.1, 0.15) is 0 Å². The number of aromatic nitrogens is 1. The van der Waals surface area contributed by atoms with Crippen LogP contribution in [0.2, 0.25) is 5.02 Å². The highest BCUT2D eigenvalue weighted by atomic mass is 35.5. The Balaban J connectivity index is 1.93. The Hall–Kier alpha value is -2.65. The van der Waals surface area contributed by atoms with Crippen LogP contribution in [0.3, 0.4) is 0 Å². The Labute approximate surface area is 145 Å². The van der Waals surface area contributed by atoms with Crippen LogP contribution in [0.5, 0.6) is 0 Å². The molecule has 1 aromatic heterocycles. The van der Waals surface area contributed by atoms with Gasteiger partial charge in [0.25, 0.3) is 0 Å². The van der Waals surface area contributed by atoms with Gasteiger partial charge in [0, 0.05) is 11.8 Å². The summed E-state index contributed by atoms with van der Waals surface area (Å²) in [7, 11) is 0. The van der Waals surface area contributed by atoms with Gasteiger partial charge in [-0.15, -0.1) is 0 Å². The molecule has 3 nitrogen and oxygen atoms in total. The molecular formula is C20H16ClNO2. The molecule has 1 N–H and O–H groups in total. The van der Waals surface area contributed by atoms with Crippen LogP contribution in [-0.4, -0.2) is 16.1 Å². The molecule has 0 aliphatic carbocycles. The molecule has 0 bridgehead atoms. The van der Waals surface area contributed by atoms with E-state index in [9.17, 15) is 9.90 Å². The molecule has 120 valence electrons. The lowest BCUT2D eigenvalue weighted by atomic mass is 9.98. The average Bonchev–Trinajstić information content (AvgIpc) is 2.57. The number of pyridine rings is 1. The van der Waals surface area contributed by atoms with Crippen molar-refractivity contribution in [2.75, 3.05) is 0 Å². The van der Waals surface area contributed by atoms with E-state index in [1.54, 1.807) is 12.3 Å². The summed E-state index contributed by atoms with van der Waals surface area (Å²) >= 11 is 6.38. The molecule has 3 aromatic rings. The summed E-state index contributed by atoms with van der Waals surface area (Å²) in [5, 5.41) is 9.93. The maximum Gasteiger partial charge on any atom is 0.335 e. The van der Waals surface area contributed by atoms with E-state index in [1.165, 1.54) is 0 Å². The van der Waals surface area contributed by atoms with Crippen molar-refractivity contribution in [1.82, 2.24) is 4.98 Å². The smallest absolute Gasteiger partial charge is 0.335 e. The van der Waals surface area contributed by atoms with Crippen molar-refractivity contribution >= 4 is 17.6 Å². The fourth-order valence-corrected chi connectivity index (χ4v) is 2.94. The van der Waals surface area contributed by atoms with Crippen LogP contribution in [-0.2, 0) is 6.42 Å². The number of rotatable bonds is 4. The van der Waals surface area contributed by atoms with Crippen LogP contribution < -0.4 is 0 Å². The highest BCUT2D eigenvalue weighted by molar-refractivity contribution is 6.33. The summed E-state index contributed by atoms with van der Waals surface area (Å²) in [5.74, 6) is -0.923. The summed E-state index contributed by atoms with van der Waals surface area (Å²) in [5.41, 5.74) is 4.55. The number of hydrogen-bond donors (Lipinski definition) is 1. The molecular weight excluding hydrogens is 322 g/mol. The molecule has 0 fully saturated rings. The molecule has 4 heteroatoms. The zero-order valence-electron chi connectivity index (χ0n) is 13.2. The highest BCUT2D eigenvalue weighted by Gasteiger charge is 2.12. The maximum absolute atomic E-state index is 11.4. The summed E-state index contributed by atoms with van der Waals surface area (Å²) in [6.07, 6.45) is 2.23. The number of benzene rings is 2. The van der Waals surface area contributed by atoms with Gasteiger partial charge in [-0.25, -0.2) is 4.79 Å². The van der Waals surface area contributed by atoms with Crippen LogP contribution in [0.4, 0.5) is 0 Å². The number of carboxylic acid groups (broad SMARTS) is 1. The predicted octanol–water partition coefficient (Wildman–Crippen LogP) is 5.00. The molecule has 3 rings (SSSR count). The summed E-state index contributed by atoms with van der Waals surface area (Å²) in [6, 6.07) is 17.0. The first kappa shape index (κ1) is 16.2. The van der Waals surface area contributed by atoms with Crippen molar-refractivity contribution in [1.29, 1.82) is 0 Å². The molecule has 0 aliphatic heterocycles. The molecule has 0 saturated heterocycles. The molecule has 0 saturated carbocycles. The first-order valence-corrected chi connectivity index (χ1v) is 7.95.